The first-order valence-electron chi connectivity index (χ1n) is 6.34. The number of aryl methyl sites for hydroxylation is 1. The molecule has 20 heavy (non-hydrogen) atoms. The van der Waals surface area contributed by atoms with E-state index < -0.39 is 17.6 Å². The van der Waals surface area contributed by atoms with E-state index in [9.17, 15) is 9.59 Å². The predicted molar refractivity (Wildman–Crippen MR) is 74.1 cm³/mol. The number of rotatable bonds is 7. The van der Waals surface area contributed by atoms with Gasteiger partial charge in [0.2, 0.25) is 0 Å². The van der Waals surface area contributed by atoms with Gasteiger partial charge in [0, 0.05) is 12.8 Å². The maximum atomic E-state index is 10.7. The number of hydrogen-bond donors (Lipinski definition) is 4. The van der Waals surface area contributed by atoms with Gasteiger partial charge in [-0.05, 0) is 36.5 Å². The van der Waals surface area contributed by atoms with E-state index in [0.717, 1.165) is 11.1 Å². The van der Waals surface area contributed by atoms with Crippen molar-refractivity contribution in [2.75, 3.05) is 0 Å². The largest absolute Gasteiger partial charge is 0.481 e. The van der Waals surface area contributed by atoms with E-state index in [-0.39, 0.29) is 19.3 Å². The fourth-order valence-electron chi connectivity index (χ4n) is 2.15. The highest BCUT2D eigenvalue weighted by molar-refractivity contribution is 5.67. The highest BCUT2D eigenvalue weighted by atomic mass is 16.4. The molecule has 0 heterocycles. The Labute approximate surface area is 117 Å². The Morgan fingerprint density at radius 2 is 1.75 bits per heavy atom. The SMILES string of the molecule is Cc1cccc(C(N)(N)CCC(=O)O)c1CCC(=O)O. The highest BCUT2D eigenvalue weighted by Gasteiger charge is 2.26. The van der Waals surface area contributed by atoms with Crippen LogP contribution >= 0.6 is 0 Å². The molecular weight excluding hydrogens is 260 g/mol. The van der Waals surface area contributed by atoms with E-state index in [1.54, 1.807) is 12.1 Å². The molecule has 6 heteroatoms. The minimum absolute atomic E-state index is 0.0210. The minimum Gasteiger partial charge on any atom is -0.481 e. The fourth-order valence-corrected chi connectivity index (χ4v) is 2.15. The molecular formula is C14H20N2O4. The summed E-state index contributed by atoms with van der Waals surface area (Å²) in [5.74, 6) is -1.87. The monoisotopic (exact) mass is 280 g/mol. The van der Waals surface area contributed by atoms with Crippen LogP contribution in [0.4, 0.5) is 0 Å². The van der Waals surface area contributed by atoms with Crippen molar-refractivity contribution in [3.63, 3.8) is 0 Å². The summed E-state index contributed by atoms with van der Waals surface area (Å²) < 4.78 is 0. The lowest BCUT2D eigenvalue weighted by molar-refractivity contribution is -0.138. The number of carboxylic acid groups (broad SMARTS) is 2. The summed E-state index contributed by atoms with van der Waals surface area (Å²) in [5.41, 5.74) is 13.1. The van der Waals surface area contributed by atoms with Crippen molar-refractivity contribution in [3.05, 3.63) is 34.9 Å². The van der Waals surface area contributed by atoms with Crippen LogP contribution < -0.4 is 11.5 Å². The molecule has 0 aliphatic carbocycles. The highest BCUT2D eigenvalue weighted by Crippen LogP contribution is 2.26. The molecule has 0 bridgehead atoms. The Hall–Kier alpha value is -1.92. The van der Waals surface area contributed by atoms with E-state index in [4.69, 9.17) is 21.7 Å². The van der Waals surface area contributed by atoms with E-state index in [0.29, 0.717) is 12.0 Å². The number of aliphatic carboxylic acids is 2. The van der Waals surface area contributed by atoms with Gasteiger partial charge in [-0.1, -0.05) is 18.2 Å². The van der Waals surface area contributed by atoms with Crippen LogP contribution in [0.15, 0.2) is 18.2 Å². The Balaban J connectivity index is 3.06. The van der Waals surface area contributed by atoms with Crippen LogP contribution in [-0.4, -0.2) is 22.2 Å². The summed E-state index contributed by atoms with van der Waals surface area (Å²) in [6.45, 7) is 1.86. The number of carboxylic acids is 2. The van der Waals surface area contributed by atoms with Crippen LogP contribution in [0.2, 0.25) is 0 Å². The number of nitrogens with two attached hydrogens (primary N) is 2. The molecule has 0 spiro atoms. The van der Waals surface area contributed by atoms with Crippen molar-refractivity contribution in [3.8, 4) is 0 Å². The molecule has 1 aromatic carbocycles. The first-order chi connectivity index (χ1) is 9.24. The molecule has 0 unspecified atom stereocenters. The molecule has 0 saturated heterocycles. The Bertz CT molecular complexity index is 512. The van der Waals surface area contributed by atoms with Gasteiger partial charge in [-0.2, -0.15) is 0 Å². The molecule has 0 fully saturated rings. The average Bonchev–Trinajstić information content (AvgIpc) is 2.34. The molecule has 0 amide bonds. The molecule has 0 radical (unpaired) electrons. The van der Waals surface area contributed by atoms with Gasteiger partial charge >= 0.3 is 11.9 Å². The number of hydrogen-bond acceptors (Lipinski definition) is 4. The van der Waals surface area contributed by atoms with Crippen molar-refractivity contribution in [2.45, 2.75) is 38.3 Å². The van der Waals surface area contributed by atoms with Crippen molar-refractivity contribution in [1.82, 2.24) is 0 Å². The topological polar surface area (TPSA) is 127 Å². The lowest BCUT2D eigenvalue weighted by Gasteiger charge is -2.28. The molecule has 0 aliphatic heterocycles. The first-order valence-corrected chi connectivity index (χ1v) is 6.34. The van der Waals surface area contributed by atoms with Crippen LogP contribution in [0.25, 0.3) is 0 Å². The zero-order valence-electron chi connectivity index (χ0n) is 11.4. The molecule has 1 aromatic rings. The zero-order valence-corrected chi connectivity index (χ0v) is 11.4. The quantitative estimate of drug-likeness (QED) is 0.551. The second-order valence-electron chi connectivity index (χ2n) is 4.93. The van der Waals surface area contributed by atoms with Crippen LogP contribution in [0.3, 0.4) is 0 Å². The Morgan fingerprint density at radius 1 is 1.15 bits per heavy atom. The molecule has 6 N–H and O–H groups in total. The molecule has 0 saturated carbocycles. The smallest absolute Gasteiger partial charge is 0.303 e. The minimum atomic E-state index is -1.28. The van der Waals surface area contributed by atoms with E-state index in [1.807, 2.05) is 13.0 Å². The van der Waals surface area contributed by atoms with Gasteiger partial charge in [0.25, 0.3) is 0 Å². The average molecular weight is 280 g/mol. The normalized spacial score (nSPS) is 11.3. The van der Waals surface area contributed by atoms with Gasteiger partial charge < -0.3 is 21.7 Å². The van der Waals surface area contributed by atoms with Crippen molar-refractivity contribution >= 4 is 11.9 Å². The van der Waals surface area contributed by atoms with Crippen LogP contribution in [0.1, 0.15) is 36.0 Å². The van der Waals surface area contributed by atoms with Gasteiger partial charge in [0.1, 0.15) is 0 Å². The van der Waals surface area contributed by atoms with Gasteiger partial charge in [-0.25, -0.2) is 0 Å². The van der Waals surface area contributed by atoms with Gasteiger partial charge in [-0.15, -0.1) is 0 Å². The molecule has 0 aliphatic rings. The zero-order chi connectivity index (χ0) is 15.3. The number of carbonyl (C=O) groups is 2. The summed E-state index contributed by atoms with van der Waals surface area (Å²) >= 11 is 0. The molecule has 0 aromatic heterocycles. The van der Waals surface area contributed by atoms with Gasteiger partial charge in [0.15, 0.2) is 0 Å². The molecule has 110 valence electrons. The summed E-state index contributed by atoms with van der Waals surface area (Å²) in [6.07, 6.45) is 0.249. The van der Waals surface area contributed by atoms with Crippen molar-refractivity contribution in [1.29, 1.82) is 0 Å². The lowest BCUT2D eigenvalue weighted by atomic mass is 9.87. The first kappa shape index (κ1) is 16.1. The lowest BCUT2D eigenvalue weighted by Crippen LogP contribution is -2.47. The van der Waals surface area contributed by atoms with Crippen molar-refractivity contribution < 1.29 is 19.8 Å². The van der Waals surface area contributed by atoms with Crippen molar-refractivity contribution in [2.24, 2.45) is 11.5 Å². The summed E-state index contributed by atoms with van der Waals surface area (Å²) in [4.78, 5) is 21.4. The maximum Gasteiger partial charge on any atom is 0.303 e. The molecule has 0 atom stereocenters. The Morgan fingerprint density at radius 3 is 2.30 bits per heavy atom. The van der Waals surface area contributed by atoms with E-state index >= 15 is 0 Å². The maximum absolute atomic E-state index is 10.7. The van der Waals surface area contributed by atoms with Crippen LogP contribution in [-0.2, 0) is 21.7 Å². The van der Waals surface area contributed by atoms with E-state index in [2.05, 4.69) is 0 Å². The standard InChI is InChI=1S/C14H20N2O4/c1-9-3-2-4-11(10(9)5-6-12(17)18)14(15,16)8-7-13(19)20/h2-4H,5-8,15-16H2,1H3,(H,17,18)(H,19,20). The third-order valence-corrected chi connectivity index (χ3v) is 3.25. The fraction of sp³-hybridized carbons (Fsp3) is 0.429. The third kappa shape index (κ3) is 4.32. The van der Waals surface area contributed by atoms with Gasteiger partial charge in [0.05, 0.1) is 5.66 Å². The second kappa shape index (κ2) is 6.49. The van der Waals surface area contributed by atoms with Crippen LogP contribution in [0.5, 0.6) is 0 Å². The summed E-state index contributed by atoms with van der Waals surface area (Å²) in [5, 5.41) is 17.5. The second-order valence-corrected chi connectivity index (χ2v) is 4.93. The van der Waals surface area contributed by atoms with E-state index in [1.165, 1.54) is 0 Å². The predicted octanol–water partition coefficient (Wildman–Crippen LogP) is 0.947. The van der Waals surface area contributed by atoms with Gasteiger partial charge in [-0.3, -0.25) is 9.59 Å². The number of benzene rings is 1. The molecule has 1 rings (SSSR count). The molecule has 6 nitrogen and oxygen atoms in total. The summed E-state index contributed by atoms with van der Waals surface area (Å²) in [6, 6.07) is 5.37. The Kier molecular flexibility index (Phi) is 5.24. The van der Waals surface area contributed by atoms with Crippen LogP contribution in [0, 0.1) is 6.92 Å². The summed E-state index contributed by atoms with van der Waals surface area (Å²) in [7, 11) is 0. The third-order valence-electron chi connectivity index (χ3n) is 3.25.